The lowest BCUT2D eigenvalue weighted by molar-refractivity contribution is -0.143. The van der Waals surface area contributed by atoms with Crippen LogP contribution in [0.1, 0.15) is 29.2 Å². The third-order valence-electron chi connectivity index (χ3n) is 4.28. The summed E-state index contributed by atoms with van der Waals surface area (Å²) in [5, 5.41) is 0.0699. The van der Waals surface area contributed by atoms with Crippen molar-refractivity contribution in [3.05, 3.63) is 71.8 Å². The van der Waals surface area contributed by atoms with Crippen molar-refractivity contribution in [2.45, 2.75) is 18.1 Å². The van der Waals surface area contributed by atoms with E-state index < -0.39 is 0 Å². The van der Waals surface area contributed by atoms with Crippen LogP contribution in [0.3, 0.4) is 0 Å². The highest BCUT2D eigenvalue weighted by atomic mass is 33.1. The maximum absolute atomic E-state index is 12.3. The van der Waals surface area contributed by atoms with Crippen LogP contribution < -0.4 is 0 Å². The second-order valence-electron chi connectivity index (χ2n) is 6.73. The lowest BCUT2D eigenvalue weighted by Crippen LogP contribution is -2.11. The van der Waals surface area contributed by atoms with Crippen LogP contribution in [0.2, 0.25) is 0 Å². The van der Waals surface area contributed by atoms with Crippen LogP contribution in [0.4, 0.5) is 0 Å². The molecule has 2 rings (SSSR count). The van der Waals surface area contributed by atoms with Gasteiger partial charge < -0.3 is 14.2 Å². The average molecular weight is 525 g/mol. The molecule has 0 aliphatic carbocycles. The summed E-state index contributed by atoms with van der Waals surface area (Å²) in [5.74, 6) is 0.349. The molecule has 0 aromatic heterocycles. The van der Waals surface area contributed by atoms with Gasteiger partial charge in [0.05, 0.1) is 10.8 Å². The SMILES string of the molecule is COCCOC(=O)CSSCCOC(=O)CCC(SC(=S)c1ccccc1)c1ccccc1. The molecule has 0 heterocycles. The summed E-state index contributed by atoms with van der Waals surface area (Å²) in [7, 11) is 4.42. The van der Waals surface area contributed by atoms with Crippen molar-refractivity contribution in [1.82, 2.24) is 0 Å². The summed E-state index contributed by atoms with van der Waals surface area (Å²) in [6.45, 7) is 0.957. The quantitative estimate of drug-likeness (QED) is 0.126. The largest absolute Gasteiger partial charge is 0.465 e. The van der Waals surface area contributed by atoms with Crippen molar-refractivity contribution >= 4 is 61.7 Å². The van der Waals surface area contributed by atoms with Crippen molar-refractivity contribution in [3.63, 3.8) is 0 Å². The molecule has 33 heavy (non-hydrogen) atoms. The highest BCUT2D eigenvalue weighted by Crippen LogP contribution is 2.36. The number of carbonyl (C=O) groups is 2. The average Bonchev–Trinajstić information content (AvgIpc) is 2.85. The molecule has 2 aromatic carbocycles. The van der Waals surface area contributed by atoms with E-state index in [9.17, 15) is 9.59 Å². The van der Waals surface area contributed by atoms with Gasteiger partial charge in [0.15, 0.2) is 0 Å². The molecule has 1 unspecified atom stereocenters. The minimum Gasteiger partial charge on any atom is -0.465 e. The van der Waals surface area contributed by atoms with E-state index in [0.717, 1.165) is 15.3 Å². The van der Waals surface area contributed by atoms with E-state index in [1.807, 2.05) is 48.5 Å². The fourth-order valence-electron chi connectivity index (χ4n) is 2.67. The van der Waals surface area contributed by atoms with Gasteiger partial charge in [-0.15, -0.1) is 11.8 Å². The first-order valence-electron chi connectivity index (χ1n) is 10.5. The Kier molecular flexibility index (Phi) is 14.3. The molecule has 1 atom stereocenters. The van der Waals surface area contributed by atoms with Gasteiger partial charge in [0, 0.05) is 24.5 Å². The fourth-order valence-corrected chi connectivity index (χ4v) is 5.85. The van der Waals surface area contributed by atoms with E-state index in [1.54, 1.807) is 18.9 Å². The Morgan fingerprint density at radius 1 is 0.879 bits per heavy atom. The normalized spacial score (nSPS) is 11.5. The lowest BCUT2D eigenvalue weighted by Gasteiger charge is -2.17. The number of rotatable bonds is 15. The maximum Gasteiger partial charge on any atom is 0.316 e. The van der Waals surface area contributed by atoms with Crippen LogP contribution in [0.5, 0.6) is 0 Å². The van der Waals surface area contributed by atoms with E-state index in [1.165, 1.54) is 21.6 Å². The Labute approximate surface area is 213 Å². The van der Waals surface area contributed by atoms with Gasteiger partial charge in [-0.1, -0.05) is 94.5 Å². The fraction of sp³-hybridized carbons (Fsp3) is 0.375. The molecule has 0 N–H and O–H groups in total. The molecule has 0 radical (unpaired) electrons. The van der Waals surface area contributed by atoms with Crippen LogP contribution in [0.25, 0.3) is 0 Å². The topological polar surface area (TPSA) is 61.8 Å². The molecule has 0 fully saturated rings. The minimum atomic E-state index is -0.278. The smallest absolute Gasteiger partial charge is 0.316 e. The zero-order valence-corrected chi connectivity index (χ0v) is 21.7. The Morgan fingerprint density at radius 2 is 1.55 bits per heavy atom. The van der Waals surface area contributed by atoms with Gasteiger partial charge in [0.25, 0.3) is 0 Å². The first kappa shape index (κ1) is 27.7. The number of hydrogen-bond donors (Lipinski definition) is 0. The zero-order valence-electron chi connectivity index (χ0n) is 18.5. The summed E-state index contributed by atoms with van der Waals surface area (Å²) in [6, 6.07) is 20.0. The predicted molar refractivity (Wildman–Crippen MR) is 143 cm³/mol. The highest BCUT2D eigenvalue weighted by Gasteiger charge is 2.18. The summed E-state index contributed by atoms with van der Waals surface area (Å²) in [6.07, 6.45) is 0.948. The molecule has 0 aliphatic rings. The third-order valence-corrected chi connectivity index (χ3v) is 8.25. The van der Waals surface area contributed by atoms with Crippen molar-refractivity contribution in [2.75, 3.05) is 38.4 Å². The Morgan fingerprint density at radius 3 is 2.24 bits per heavy atom. The van der Waals surface area contributed by atoms with E-state index >= 15 is 0 Å². The number of hydrogen-bond acceptors (Lipinski definition) is 9. The summed E-state index contributed by atoms with van der Waals surface area (Å²) in [4.78, 5) is 23.7. The molecule has 9 heteroatoms. The van der Waals surface area contributed by atoms with Crippen LogP contribution in [-0.4, -0.2) is 54.6 Å². The van der Waals surface area contributed by atoms with Gasteiger partial charge in [-0.05, 0) is 17.5 Å². The summed E-state index contributed by atoms with van der Waals surface area (Å²) < 4.78 is 16.0. The molecule has 0 bridgehead atoms. The Bertz CT molecular complexity index is 848. The molecule has 0 aliphatic heterocycles. The standard InChI is InChI=1S/C24H28O5S4/c1-27-14-15-28-23(26)18-32-31-17-16-29-22(25)13-12-21(19-8-4-2-5-9-19)33-24(30)20-10-6-3-7-11-20/h2-11,21H,12-18H2,1H3. The molecule has 0 saturated heterocycles. The van der Waals surface area contributed by atoms with Crippen molar-refractivity contribution in [2.24, 2.45) is 0 Å². The number of thiocarbonyl (C=S) groups is 1. The number of benzene rings is 2. The number of esters is 2. The predicted octanol–water partition coefficient (Wildman–Crippen LogP) is 5.73. The molecule has 2 aromatic rings. The lowest BCUT2D eigenvalue weighted by atomic mass is 10.1. The first-order valence-corrected chi connectivity index (χ1v) is 14.2. The maximum atomic E-state index is 12.3. The van der Waals surface area contributed by atoms with Crippen LogP contribution in [-0.2, 0) is 23.8 Å². The van der Waals surface area contributed by atoms with Gasteiger partial charge >= 0.3 is 11.9 Å². The molecule has 5 nitrogen and oxygen atoms in total. The molecule has 0 saturated carbocycles. The van der Waals surface area contributed by atoms with Gasteiger partial charge in [-0.25, -0.2) is 0 Å². The van der Waals surface area contributed by atoms with Gasteiger partial charge in [0.1, 0.15) is 19.0 Å². The molecule has 178 valence electrons. The van der Waals surface area contributed by atoms with Gasteiger partial charge in [0.2, 0.25) is 0 Å². The second kappa shape index (κ2) is 17.0. The van der Waals surface area contributed by atoms with E-state index in [2.05, 4.69) is 12.1 Å². The van der Waals surface area contributed by atoms with Crippen LogP contribution >= 0.6 is 45.6 Å². The summed E-state index contributed by atoms with van der Waals surface area (Å²) in [5.41, 5.74) is 2.15. The Hall–Kier alpha value is -1.52. The van der Waals surface area contributed by atoms with Gasteiger partial charge in [-0.3, -0.25) is 9.59 Å². The molecule has 0 amide bonds. The van der Waals surface area contributed by atoms with Crippen molar-refractivity contribution in [3.8, 4) is 0 Å². The number of thioether (sulfide) groups is 1. The van der Waals surface area contributed by atoms with E-state index in [-0.39, 0.29) is 29.5 Å². The van der Waals surface area contributed by atoms with Crippen LogP contribution in [0, 0.1) is 0 Å². The van der Waals surface area contributed by atoms with E-state index in [0.29, 0.717) is 31.8 Å². The first-order chi connectivity index (χ1) is 16.1. The molecular weight excluding hydrogens is 497 g/mol. The minimum absolute atomic E-state index is 0.0699. The molecule has 0 spiro atoms. The Balaban J connectivity index is 1.70. The second-order valence-corrected chi connectivity index (χ2v) is 11.2. The molecular formula is C24H28O5S4. The number of carbonyl (C=O) groups excluding carboxylic acids is 2. The highest BCUT2D eigenvalue weighted by molar-refractivity contribution is 8.76. The monoisotopic (exact) mass is 524 g/mol. The van der Waals surface area contributed by atoms with Crippen molar-refractivity contribution in [1.29, 1.82) is 0 Å². The number of methoxy groups -OCH3 is 1. The third kappa shape index (κ3) is 12.0. The van der Waals surface area contributed by atoms with E-state index in [4.69, 9.17) is 26.4 Å². The number of ether oxygens (including phenoxy) is 3. The zero-order chi connectivity index (χ0) is 23.7. The van der Waals surface area contributed by atoms with Gasteiger partial charge in [-0.2, -0.15) is 0 Å². The van der Waals surface area contributed by atoms with Crippen LogP contribution in [0.15, 0.2) is 60.7 Å². The summed E-state index contributed by atoms with van der Waals surface area (Å²) >= 11 is 7.24. The van der Waals surface area contributed by atoms with Crippen molar-refractivity contribution < 1.29 is 23.8 Å².